The summed E-state index contributed by atoms with van der Waals surface area (Å²) in [4.78, 5) is 11.2. The maximum atomic E-state index is 11.2. The summed E-state index contributed by atoms with van der Waals surface area (Å²) in [7, 11) is 1.72. The Morgan fingerprint density at radius 2 is 2.33 bits per heavy atom. The fourth-order valence-corrected chi connectivity index (χ4v) is 1.05. The molecule has 0 aliphatic rings. The number of rotatable bonds is 2. The van der Waals surface area contributed by atoms with Crippen molar-refractivity contribution in [2.45, 2.75) is 6.92 Å². The minimum absolute atomic E-state index is 0.341. The van der Waals surface area contributed by atoms with Gasteiger partial charge in [-0.3, -0.25) is 0 Å². The minimum Gasteiger partial charge on any atom is -0.461 e. The first-order chi connectivity index (χ1) is 5.66. The summed E-state index contributed by atoms with van der Waals surface area (Å²) in [6, 6.07) is 3.30. The van der Waals surface area contributed by atoms with Gasteiger partial charge < -0.3 is 9.30 Å². The third-order valence-corrected chi connectivity index (χ3v) is 1.92. The van der Waals surface area contributed by atoms with Gasteiger partial charge in [0, 0.05) is 7.05 Å². The third kappa shape index (κ3) is 1.61. The van der Waals surface area contributed by atoms with E-state index in [1.165, 1.54) is 0 Å². The molecule has 0 unspecified atom stereocenters. The molecule has 4 heteroatoms. The maximum Gasteiger partial charge on any atom is 0.354 e. The smallest absolute Gasteiger partial charge is 0.354 e. The first-order valence-corrected chi connectivity index (χ1v) is 4.03. The van der Waals surface area contributed by atoms with Crippen LogP contribution in [0.2, 0.25) is 5.15 Å². The van der Waals surface area contributed by atoms with Gasteiger partial charge in [-0.05, 0) is 19.1 Å². The van der Waals surface area contributed by atoms with Crippen molar-refractivity contribution in [1.82, 2.24) is 4.57 Å². The highest BCUT2D eigenvalue weighted by Gasteiger charge is 2.11. The zero-order valence-corrected chi connectivity index (χ0v) is 7.76. The van der Waals surface area contributed by atoms with Gasteiger partial charge in [0.2, 0.25) is 0 Å². The largest absolute Gasteiger partial charge is 0.461 e. The second kappa shape index (κ2) is 3.63. The topological polar surface area (TPSA) is 31.2 Å². The monoisotopic (exact) mass is 187 g/mol. The molecule has 12 heavy (non-hydrogen) atoms. The number of carbonyl (C=O) groups is 1. The zero-order valence-electron chi connectivity index (χ0n) is 7.00. The molecule has 3 nitrogen and oxygen atoms in total. The highest BCUT2D eigenvalue weighted by Crippen LogP contribution is 2.13. The lowest BCUT2D eigenvalue weighted by molar-refractivity contribution is 0.0515. The summed E-state index contributed by atoms with van der Waals surface area (Å²) < 4.78 is 6.39. The molecule has 1 aromatic heterocycles. The number of hydrogen-bond donors (Lipinski definition) is 0. The minimum atomic E-state index is -0.341. The normalized spacial score (nSPS) is 9.92. The summed E-state index contributed by atoms with van der Waals surface area (Å²) in [5, 5.41) is 0.526. The fourth-order valence-electron chi connectivity index (χ4n) is 0.896. The van der Waals surface area contributed by atoms with E-state index in [0.717, 1.165) is 0 Å². The molecule has 1 heterocycles. The first-order valence-electron chi connectivity index (χ1n) is 3.65. The van der Waals surface area contributed by atoms with Crippen LogP contribution in [0.5, 0.6) is 0 Å². The third-order valence-electron chi connectivity index (χ3n) is 1.55. The van der Waals surface area contributed by atoms with E-state index in [1.54, 1.807) is 30.7 Å². The van der Waals surface area contributed by atoms with E-state index >= 15 is 0 Å². The predicted molar refractivity (Wildman–Crippen MR) is 46.4 cm³/mol. The van der Waals surface area contributed by atoms with Crippen molar-refractivity contribution in [3.8, 4) is 0 Å². The summed E-state index contributed by atoms with van der Waals surface area (Å²) in [6.45, 7) is 2.14. The van der Waals surface area contributed by atoms with Crippen molar-refractivity contribution in [3.63, 3.8) is 0 Å². The number of hydrogen-bond acceptors (Lipinski definition) is 2. The molecule has 0 N–H and O–H groups in total. The highest BCUT2D eigenvalue weighted by atomic mass is 35.5. The van der Waals surface area contributed by atoms with E-state index in [2.05, 4.69) is 0 Å². The Balaban J connectivity index is 2.88. The molecule has 0 saturated heterocycles. The Morgan fingerprint density at radius 3 is 2.75 bits per heavy atom. The van der Waals surface area contributed by atoms with Crippen LogP contribution < -0.4 is 0 Å². The van der Waals surface area contributed by atoms with E-state index in [4.69, 9.17) is 16.3 Å². The van der Waals surface area contributed by atoms with Gasteiger partial charge in [-0.25, -0.2) is 4.79 Å². The zero-order chi connectivity index (χ0) is 9.14. The van der Waals surface area contributed by atoms with Gasteiger partial charge in [0.1, 0.15) is 10.8 Å². The van der Waals surface area contributed by atoms with Crippen LogP contribution in [0.4, 0.5) is 0 Å². The Bertz CT molecular complexity index is 293. The van der Waals surface area contributed by atoms with Crippen molar-refractivity contribution < 1.29 is 9.53 Å². The number of nitrogens with zero attached hydrogens (tertiary/aromatic N) is 1. The Morgan fingerprint density at radius 1 is 1.67 bits per heavy atom. The summed E-state index contributed by atoms with van der Waals surface area (Å²) in [5.41, 5.74) is 0.474. The Kier molecular flexibility index (Phi) is 2.76. The van der Waals surface area contributed by atoms with E-state index in [1.807, 2.05) is 0 Å². The van der Waals surface area contributed by atoms with Gasteiger partial charge >= 0.3 is 5.97 Å². The van der Waals surface area contributed by atoms with E-state index < -0.39 is 0 Å². The van der Waals surface area contributed by atoms with Crippen LogP contribution in [0.25, 0.3) is 0 Å². The van der Waals surface area contributed by atoms with Crippen molar-refractivity contribution >= 4 is 17.6 Å². The number of esters is 1. The predicted octanol–water partition coefficient (Wildman–Crippen LogP) is 1.86. The van der Waals surface area contributed by atoms with Gasteiger partial charge in [0.25, 0.3) is 0 Å². The highest BCUT2D eigenvalue weighted by molar-refractivity contribution is 6.30. The van der Waals surface area contributed by atoms with Gasteiger partial charge in [0.15, 0.2) is 0 Å². The summed E-state index contributed by atoms with van der Waals surface area (Å²) in [6.07, 6.45) is 0. The lowest BCUT2D eigenvalue weighted by Crippen LogP contribution is -2.09. The van der Waals surface area contributed by atoms with Crippen LogP contribution >= 0.6 is 11.6 Å². The van der Waals surface area contributed by atoms with Crippen LogP contribution in [0.1, 0.15) is 17.4 Å². The van der Waals surface area contributed by atoms with Gasteiger partial charge in [0.05, 0.1) is 6.61 Å². The molecular formula is C8H10ClNO2. The van der Waals surface area contributed by atoms with Gasteiger partial charge in [-0.1, -0.05) is 11.6 Å². The molecule has 1 rings (SSSR count). The maximum absolute atomic E-state index is 11.2. The van der Waals surface area contributed by atoms with Crippen molar-refractivity contribution in [2.75, 3.05) is 6.61 Å². The summed E-state index contributed by atoms with van der Waals surface area (Å²) in [5.74, 6) is -0.341. The molecule has 0 aromatic carbocycles. The molecular weight excluding hydrogens is 178 g/mol. The molecule has 0 atom stereocenters. The van der Waals surface area contributed by atoms with Crippen LogP contribution in [-0.4, -0.2) is 17.1 Å². The number of halogens is 1. The number of carbonyl (C=O) groups excluding carboxylic acids is 1. The molecule has 0 saturated carbocycles. The van der Waals surface area contributed by atoms with Crippen molar-refractivity contribution in [1.29, 1.82) is 0 Å². The molecule has 0 aliphatic heterocycles. The molecule has 0 fully saturated rings. The van der Waals surface area contributed by atoms with Gasteiger partial charge in [-0.15, -0.1) is 0 Å². The molecule has 66 valence electrons. The number of aromatic nitrogens is 1. The lowest BCUT2D eigenvalue weighted by Gasteiger charge is -2.02. The molecule has 0 spiro atoms. The molecule has 0 aliphatic carbocycles. The van der Waals surface area contributed by atoms with E-state index in [-0.39, 0.29) is 5.97 Å². The molecule has 1 aromatic rings. The van der Waals surface area contributed by atoms with Gasteiger partial charge in [-0.2, -0.15) is 0 Å². The second-order valence-corrected chi connectivity index (χ2v) is 2.71. The van der Waals surface area contributed by atoms with Crippen molar-refractivity contribution in [2.24, 2.45) is 7.05 Å². The quantitative estimate of drug-likeness (QED) is 0.662. The van der Waals surface area contributed by atoms with Crippen LogP contribution in [0, 0.1) is 0 Å². The van der Waals surface area contributed by atoms with Crippen LogP contribution in [-0.2, 0) is 11.8 Å². The average Bonchev–Trinajstić information content (AvgIpc) is 2.34. The molecule has 0 radical (unpaired) electrons. The molecule has 0 bridgehead atoms. The second-order valence-electron chi connectivity index (χ2n) is 2.32. The standard InChI is InChI=1S/C8H10ClNO2/c1-3-12-8(11)6-4-5-7(9)10(6)2/h4-5H,3H2,1-2H3. The van der Waals surface area contributed by atoms with Crippen LogP contribution in [0.15, 0.2) is 12.1 Å². The summed E-state index contributed by atoms with van der Waals surface area (Å²) >= 11 is 5.73. The first kappa shape index (κ1) is 9.13. The Labute approximate surface area is 75.9 Å². The Hall–Kier alpha value is -0.960. The number of ether oxygens (including phenoxy) is 1. The fraction of sp³-hybridized carbons (Fsp3) is 0.375. The van der Waals surface area contributed by atoms with Crippen molar-refractivity contribution in [3.05, 3.63) is 23.0 Å². The van der Waals surface area contributed by atoms with E-state index in [0.29, 0.717) is 17.5 Å². The molecule has 0 amide bonds. The van der Waals surface area contributed by atoms with E-state index in [9.17, 15) is 4.79 Å². The lowest BCUT2D eigenvalue weighted by atomic mass is 10.4. The average molecular weight is 188 g/mol. The van der Waals surface area contributed by atoms with Crippen LogP contribution in [0.3, 0.4) is 0 Å². The SMILES string of the molecule is CCOC(=O)c1ccc(Cl)n1C.